The minimum Gasteiger partial charge on any atom is -0.366 e. The average Bonchev–Trinajstić information content (AvgIpc) is 3.11. The molecule has 4 heteroatoms. The summed E-state index contributed by atoms with van der Waals surface area (Å²) >= 11 is 0. The van der Waals surface area contributed by atoms with E-state index in [1.807, 2.05) is 18.3 Å². The number of aliphatic imine (C=N–C) groups is 1. The Labute approximate surface area is 153 Å². The number of pyridine rings is 1. The summed E-state index contributed by atoms with van der Waals surface area (Å²) < 4.78 is 0. The minimum absolute atomic E-state index is 0.0376. The highest BCUT2D eigenvalue weighted by Crippen LogP contribution is 2.35. The van der Waals surface area contributed by atoms with Gasteiger partial charge in [0.05, 0.1) is 0 Å². The molecule has 128 valence electrons. The van der Waals surface area contributed by atoms with E-state index in [1.165, 1.54) is 27.9 Å². The number of benzene rings is 2. The Hall–Kier alpha value is -3.14. The summed E-state index contributed by atoms with van der Waals surface area (Å²) in [5, 5.41) is 3.49. The Kier molecular flexibility index (Phi) is 3.67. The van der Waals surface area contributed by atoms with Crippen LogP contribution in [0.5, 0.6) is 0 Å². The van der Waals surface area contributed by atoms with Crippen LogP contribution >= 0.6 is 0 Å². The molecule has 5 rings (SSSR count). The molecule has 0 spiro atoms. The van der Waals surface area contributed by atoms with Crippen LogP contribution in [0.2, 0.25) is 0 Å². The number of nitrogens with zero attached hydrogens (tertiary/aromatic N) is 3. The van der Waals surface area contributed by atoms with Gasteiger partial charge in [0.25, 0.3) is 0 Å². The quantitative estimate of drug-likeness (QED) is 0.777. The van der Waals surface area contributed by atoms with Crippen molar-refractivity contribution in [3.63, 3.8) is 0 Å². The van der Waals surface area contributed by atoms with E-state index in [2.05, 4.69) is 57.7 Å². The van der Waals surface area contributed by atoms with E-state index in [0.29, 0.717) is 0 Å². The normalized spacial score (nSPS) is 17.7. The fraction of sp³-hybridized carbons (Fsp3) is 0.182. The van der Waals surface area contributed by atoms with Gasteiger partial charge in [0.1, 0.15) is 6.17 Å². The Bertz CT molecular complexity index is 965. The molecule has 0 amide bonds. The zero-order chi connectivity index (χ0) is 17.3. The van der Waals surface area contributed by atoms with Crippen molar-refractivity contribution in [2.24, 2.45) is 4.99 Å². The highest BCUT2D eigenvalue weighted by atomic mass is 15.1. The number of hydrogen-bond donors (Lipinski definition) is 1. The molecule has 2 aliphatic rings. The topological polar surface area (TPSA) is 40.5 Å². The average molecular weight is 340 g/mol. The highest BCUT2D eigenvalue weighted by Gasteiger charge is 2.25. The monoisotopic (exact) mass is 340 g/mol. The van der Waals surface area contributed by atoms with Gasteiger partial charge in [-0.25, -0.2) is 0 Å². The Morgan fingerprint density at radius 1 is 0.923 bits per heavy atom. The van der Waals surface area contributed by atoms with Gasteiger partial charge in [-0.15, -0.1) is 0 Å². The maximum Gasteiger partial charge on any atom is 0.145 e. The van der Waals surface area contributed by atoms with Gasteiger partial charge in [-0.2, -0.15) is 0 Å². The second kappa shape index (κ2) is 6.30. The largest absolute Gasteiger partial charge is 0.366 e. The van der Waals surface area contributed by atoms with Crippen LogP contribution in [0.4, 0.5) is 11.4 Å². The van der Waals surface area contributed by atoms with E-state index in [9.17, 15) is 0 Å². The van der Waals surface area contributed by atoms with Gasteiger partial charge in [0.2, 0.25) is 0 Å². The summed E-state index contributed by atoms with van der Waals surface area (Å²) in [4.78, 5) is 11.3. The molecule has 1 atom stereocenters. The molecule has 26 heavy (non-hydrogen) atoms. The first-order valence-electron chi connectivity index (χ1n) is 9.03. The molecular weight excluding hydrogens is 320 g/mol. The van der Waals surface area contributed by atoms with Crippen molar-refractivity contribution in [3.05, 3.63) is 89.2 Å². The fourth-order valence-electron chi connectivity index (χ4n) is 3.88. The predicted octanol–water partition coefficient (Wildman–Crippen LogP) is 4.19. The van der Waals surface area contributed by atoms with Gasteiger partial charge in [-0.1, -0.05) is 36.4 Å². The Morgan fingerprint density at radius 2 is 1.77 bits per heavy atom. The van der Waals surface area contributed by atoms with E-state index in [0.717, 1.165) is 25.2 Å². The molecule has 0 saturated heterocycles. The molecule has 0 bridgehead atoms. The third kappa shape index (κ3) is 2.64. The summed E-state index contributed by atoms with van der Waals surface area (Å²) in [7, 11) is 0. The van der Waals surface area contributed by atoms with Crippen LogP contribution in [0.25, 0.3) is 0 Å². The molecule has 3 heterocycles. The lowest BCUT2D eigenvalue weighted by Gasteiger charge is -2.32. The lowest BCUT2D eigenvalue weighted by atomic mass is 9.98. The smallest absolute Gasteiger partial charge is 0.145 e. The molecule has 0 aliphatic carbocycles. The molecule has 1 aromatic heterocycles. The summed E-state index contributed by atoms with van der Waals surface area (Å²) in [6, 6.07) is 19.2. The van der Waals surface area contributed by atoms with Gasteiger partial charge < -0.3 is 10.2 Å². The van der Waals surface area contributed by atoms with Crippen LogP contribution in [-0.2, 0) is 13.0 Å². The first kappa shape index (κ1) is 15.1. The van der Waals surface area contributed by atoms with Crippen molar-refractivity contribution in [1.82, 2.24) is 4.98 Å². The molecule has 0 fully saturated rings. The zero-order valence-corrected chi connectivity index (χ0v) is 14.5. The van der Waals surface area contributed by atoms with E-state index in [1.54, 1.807) is 12.4 Å². The Morgan fingerprint density at radius 3 is 2.65 bits per heavy atom. The van der Waals surface area contributed by atoms with Gasteiger partial charge in [0.15, 0.2) is 0 Å². The summed E-state index contributed by atoms with van der Waals surface area (Å²) in [5.74, 6) is 0. The second-order valence-corrected chi connectivity index (χ2v) is 6.78. The van der Waals surface area contributed by atoms with Crippen molar-refractivity contribution in [1.29, 1.82) is 0 Å². The van der Waals surface area contributed by atoms with E-state index < -0.39 is 0 Å². The molecule has 2 aromatic carbocycles. The van der Waals surface area contributed by atoms with Crippen LogP contribution in [0, 0.1) is 0 Å². The maximum absolute atomic E-state index is 4.72. The zero-order valence-electron chi connectivity index (χ0n) is 14.5. The van der Waals surface area contributed by atoms with Crippen LogP contribution < -0.4 is 10.2 Å². The lowest BCUT2D eigenvalue weighted by Crippen LogP contribution is -2.31. The number of hydrogen-bond acceptors (Lipinski definition) is 4. The molecule has 1 unspecified atom stereocenters. The lowest BCUT2D eigenvalue weighted by molar-refractivity contribution is 0.730. The molecule has 0 radical (unpaired) electrons. The third-order valence-electron chi connectivity index (χ3n) is 5.22. The van der Waals surface area contributed by atoms with Crippen molar-refractivity contribution in [2.75, 3.05) is 16.8 Å². The SMILES string of the molecule is C1=NC(Nc2ccncc2)c2cccc(N3CCc4ccccc4C3)c21. The molecule has 0 saturated carbocycles. The minimum atomic E-state index is -0.0376. The van der Waals surface area contributed by atoms with Crippen LogP contribution in [0.3, 0.4) is 0 Å². The third-order valence-corrected chi connectivity index (χ3v) is 5.22. The molecule has 3 aromatic rings. The van der Waals surface area contributed by atoms with Crippen LogP contribution in [0.15, 0.2) is 72.0 Å². The van der Waals surface area contributed by atoms with Crippen LogP contribution in [-0.4, -0.2) is 17.7 Å². The van der Waals surface area contributed by atoms with E-state index in [4.69, 9.17) is 4.99 Å². The summed E-state index contributed by atoms with van der Waals surface area (Å²) in [6.07, 6.45) is 6.66. The van der Waals surface area contributed by atoms with Gasteiger partial charge in [-0.05, 0) is 35.7 Å². The number of fused-ring (bicyclic) bond motifs is 2. The standard InChI is InChI=1S/C22H20N4/c1-2-5-17-15-26(13-10-16(17)4-1)21-7-3-6-19-20(21)14-24-22(19)25-18-8-11-23-12-9-18/h1-9,11-12,14,22H,10,13,15H2,(H,23,25). The van der Waals surface area contributed by atoms with Crippen molar-refractivity contribution < 1.29 is 0 Å². The van der Waals surface area contributed by atoms with Crippen LogP contribution in [0.1, 0.15) is 28.4 Å². The summed E-state index contributed by atoms with van der Waals surface area (Å²) in [6.45, 7) is 2.01. The first-order chi connectivity index (χ1) is 12.9. The van der Waals surface area contributed by atoms with Crippen molar-refractivity contribution in [3.8, 4) is 0 Å². The predicted molar refractivity (Wildman–Crippen MR) is 106 cm³/mol. The number of nitrogens with one attached hydrogen (secondary N) is 1. The number of rotatable bonds is 3. The maximum atomic E-state index is 4.72. The van der Waals surface area contributed by atoms with Crippen molar-refractivity contribution >= 4 is 17.6 Å². The van der Waals surface area contributed by atoms with E-state index in [-0.39, 0.29) is 6.17 Å². The number of anilines is 2. The molecular formula is C22H20N4. The fourth-order valence-corrected chi connectivity index (χ4v) is 3.88. The summed E-state index contributed by atoms with van der Waals surface area (Å²) in [5.41, 5.74) is 7.68. The first-order valence-corrected chi connectivity index (χ1v) is 9.03. The highest BCUT2D eigenvalue weighted by molar-refractivity contribution is 5.93. The van der Waals surface area contributed by atoms with Gasteiger partial charge in [0, 0.05) is 54.2 Å². The van der Waals surface area contributed by atoms with E-state index >= 15 is 0 Å². The molecule has 2 aliphatic heterocycles. The second-order valence-electron chi connectivity index (χ2n) is 6.78. The van der Waals surface area contributed by atoms with Crippen molar-refractivity contribution in [2.45, 2.75) is 19.1 Å². The number of aromatic nitrogens is 1. The Balaban J connectivity index is 1.44. The molecule has 4 nitrogen and oxygen atoms in total. The molecule has 1 N–H and O–H groups in total. The van der Waals surface area contributed by atoms with Gasteiger partial charge >= 0.3 is 0 Å². The van der Waals surface area contributed by atoms with Gasteiger partial charge in [-0.3, -0.25) is 9.98 Å².